The lowest BCUT2D eigenvalue weighted by molar-refractivity contribution is -0.274. The number of rotatable bonds is 6. The molecule has 2 aromatic heterocycles. The summed E-state index contributed by atoms with van der Waals surface area (Å²) in [6, 6.07) is 11.8. The maximum Gasteiger partial charge on any atom is 0.573 e. The summed E-state index contributed by atoms with van der Waals surface area (Å²) in [5.74, 6) is -1.84. The number of hydrogen-bond acceptors (Lipinski definition) is 5. The van der Waals surface area contributed by atoms with E-state index in [-0.39, 0.29) is 17.2 Å². The van der Waals surface area contributed by atoms with Gasteiger partial charge in [0.25, 0.3) is 11.8 Å². The van der Waals surface area contributed by atoms with Crippen molar-refractivity contribution in [1.29, 1.82) is 0 Å². The summed E-state index contributed by atoms with van der Waals surface area (Å²) in [7, 11) is 0. The van der Waals surface area contributed by atoms with Gasteiger partial charge in [0.1, 0.15) is 0 Å². The van der Waals surface area contributed by atoms with Gasteiger partial charge < -0.3 is 15.4 Å². The van der Waals surface area contributed by atoms with Crippen molar-refractivity contribution < 1.29 is 40.7 Å². The molecule has 8 nitrogen and oxygen atoms in total. The van der Waals surface area contributed by atoms with Gasteiger partial charge in [0.2, 0.25) is 0 Å². The van der Waals surface area contributed by atoms with E-state index >= 15 is 0 Å². The Morgan fingerprint density at radius 2 is 1.79 bits per heavy atom. The Morgan fingerprint density at radius 3 is 2.51 bits per heavy atom. The molecule has 2 N–H and O–H groups in total. The van der Waals surface area contributed by atoms with E-state index < -0.39 is 40.7 Å². The van der Waals surface area contributed by atoms with Crippen LogP contribution < -0.4 is 15.4 Å². The summed E-state index contributed by atoms with van der Waals surface area (Å²) in [6.45, 7) is 1.89. The first kappa shape index (κ1) is 28.0. The van der Waals surface area contributed by atoms with Gasteiger partial charge in [-0.2, -0.15) is 18.3 Å². The number of carbonyl (C=O) groups excluding carboxylic acids is 2. The highest BCUT2D eigenvalue weighted by molar-refractivity contribution is 6.25. The van der Waals surface area contributed by atoms with Crippen molar-refractivity contribution in [3.63, 3.8) is 0 Å². The Labute approximate surface area is 238 Å². The number of nitrogens with one attached hydrogen (secondary N) is 2. The Hall–Kier alpha value is -5.14. The molecular formula is C29H19F6N5O3. The van der Waals surface area contributed by atoms with Gasteiger partial charge in [-0.05, 0) is 42.8 Å². The van der Waals surface area contributed by atoms with Crippen molar-refractivity contribution in [2.75, 3.05) is 10.6 Å². The Balaban J connectivity index is 1.39. The predicted octanol–water partition coefficient (Wildman–Crippen LogP) is 7.26. The fraction of sp³-hybridized carbons (Fsp3) is 0.172. The standard InChI is InChI=1S/C29H19F6N5O3/c1-2-4-21-19(12-37-40(21)22-10-9-20-24-16(22)5-3-6-17(24)26(41)39-20)27(42)38-14-7-8-15-18(11-14)25(28(30,31)32)36-13-23(15)43-29(33,34)35/h3,5-13H,2,4H2,1H3,(H,38,42)(H,39,41). The van der Waals surface area contributed by atoms with Gasteiger partial charge in [-0.3, -0.25) is 9.59 Å². The molecule has 0 spiro atoms. The number of anilines is 2. The van der Waals surface area contributed by atoms with Crippen LogP contribution in [0.3, 0.4) is 0 Å². The van der Waals surface area contributed by atoms with Crippen molar-refractivity contribution in [3.8, 4) is 11.4 Å². The fourth-order valence-corrected chi connectivity index (χ4v) is 5.23. The topological polar surface area (TPSA) is 98.1 Å². The maximum atomic E-state index is 13.7. The predicted molar refractivity (Wildman–Crippen MR) is 144 cm³/mol. The number of hydrogen-bond donors (Lipinski definition) is 2. The second-order valence-corrected chi connectivity index (χ2v) is 9.71. The average Bonchev–Trinajstić information content (AvgIpc) is 3.49. The minimum atomic E-state index is -5.16. The lowest BCUT2D eigenvalue weighted by atomic mass is 10.0. The van der Waals surface area contributed by atoms with Crippen LogP contribution in [0.25, 0.3) is 27.2 Å². The molecular weight excluding hydrogens is 580 g/mol. The van der Waals surface area contributed by atoms with Gasteiger partial charge in [-0.1, -0.05) is 25.5 Å². The monoisotopic (exact) mass is 599 g/mol. The number of halogens is 6. The number of amides is 2. The third kappa shape index (κ3) is 4.98. The van der Waals surface area contributed by atoms with Crippen LogP contribution in [0.5, 0.6) is 5.75 Å². The molecule has 0 bridgehead atoms. The number of alkyl halides is 6. The molecule has 0 fully saturated rings. The van der Waals surface area contributed by atoms with Gasteiger partial charge in [0.05, 0.1) is 29.3 Å². The Bertz CT molecular complexity index is 1950. The first-order chi connectivity index (χ1) is 20.4. The summed E-state index contributed by atoms with van der Waals surface area (Å²) < 4.78 is 85.1. The van der Waals surface area contributed by atoms with E-state index in [0.717, 1.165) is 17.5 Å². The van der Waals surface area contributed by atoms with Gasteiger partial charge >= 0.3 is 12.5 Å². The molecule has 0 aliphatic carbocycles. The van der Waals surface area contributed by atoms with Gasteiger partial charge in [-0.25, -0.2) is 9.67 Å². The quantitative estimate of drug-likeness (QED) is 0.200. The molecule has 0 radical (unpaired) electrons. The number of ether oxygens (including phenoxy) is 1. The second-order valence-electron chi connectivity index (χ2n) is 9.71. The molecule has 14 heteroatoms. The van der Waals surface area contributed by atoms with Crippen molar-refractivity contribution in [1.82, 2.24) is 14.8 Å². The molecule has 0 saturated carbocycles. The maximum absolute atomic E-state index is 13.7. The van der Waals surface area contributed by atoms with Crippen LogP contribution in [-0.2, 0) is 12.6 Å². The molecule has 0 atom stereocenters. The van der Waals surface area contributed by atoms with Crippen molar-refractivity contribution in [2.45, 2.75) is 32.3 Å². The molecule has 1 aliphatic rings. The number of fused-ring (bicyclic) bond motifs is 1. The van der Waals surface area contributed by atoms with Crippen LogP contribution >= 0.6 is 0 Å². The van der Waals surface area contributed by atoms with E-state index in [1.54, 1.807) is 28.9 Å². The first-order valence-electron chi connectivity index (χ1n) is 12.9. The molecule has 0 unspecified atom stereocenters. The third-order valence-corrected chi connectivity index (χ3v) is 6.94. The molecule has 43 heavy (non-hydrogen) atoms. The molecule has 3 heterocycles. The molecule has 5 aromatic rings. The van der Waals surface area contributed by atoms with E-state index in [9.17, 15) is 35.9 Å². The third-order valence-electron chi connectivity index (χ3n) is 6.94. The number of carbonyl (C=O) groups is 2. The fourth-order valence-electron chi connectivity index (χ4n) is 5.23. The van der Waals surface area contributed by atoms with Crippen molar-refractivity contribution in [3.05, 3.63) is 83.4 Å². The summed E-state index contributed by atoms with van der Waals surface area (Å²) >= 11 is 0. The van der Waals surface area contributed by atoms with Crippen LogP contribution in [0.2, 0.25) is 0 Å². The second kappa shape index (κ2) is 10.00. The van der Waals surface area contributed by atoms with Gasteiger partial charge in [0.15, 0.2) is 11.4 Å². The number of pyridine rings is 1. The molecule has 0 saturated heterocycles. The molecule has 3 aromatic carbocycles. The van der Waals surface area contributed by atoms with Crippen LogP contribution in [-0.4, -0.2) is 32.9 Å². The Morgan fingerprint density at radius 1 is 1.00 bits per heavy atom. The first-order valence-corrected chi connectivity index (χ1v) is 12.9. The molecule has 2 amide bonds. The highest BCUT2D eigenvalue weighted by Crippen LogP contribution is 2.40. The number of aromatic nitrogens is 3. The minimum absolute atomic E-state index is 0.112. The molecule has 6 rings (SSSR count). The van der Waals surface area contributed by atoms with Crippen molar-refractivity contribution >= 4 is 44.7 Å². The van der Waals surface area contributed by atoms with E-state index in [1.807, 2.05) is 13.0 Å². The largest absolute Gasteiger partial charge is 0.573 e. The highest BCUT2D eigenvalue weighted by Gasteiger charge is 2.37. The van der Waals surface area contributed by atoms with E-state index in [1.165, 1.54) is 12.3 Å². The molecule has 220 valence electrons. The summed E-state index contributed by atoms with van der Waals surface area (Å²) in [5.41, 5.74) is 0.869. The zero-order chi connectivity index (χ0) is 30.7. The Kier molecular flexibility index (Phi) is 6.51. The highest BCUT2D eigenvalue weighted by atomic mass is 19.4. The minimum Gasteiger partial charge on any atom is -0.403 e. The average molecular weight is 599 g/mol. The van der Waals surface area contributed by atoms with Crippen LogP contribution in [0.4, 0.5) is 37.7 Å². The van der Waals surface area contributed by atoms with Crippen LogP contribution in [0.15, 0.2) is 60.9 Å². The van der Waals surface area contributed by atoms with Gasteiger partial charge in [0, 0.05) is 38.5 Å². The molecule has 1 aliphatic heterocycles. The smallest absolute Gasteiger partial charge is 0.403 e. The normalized spacial score (nSPS) is 13.0. The lowest BCUT2D eigenvalue weighted by Gasteiger charge is -2.16. The summed E-state index contributed by atoms with van der Waals surface area (Å²) in [6.07, 6.45) is -7.45. The zero-order valence-electron chi connectivity index (χ0n) is 22.0. The van der Waals surface area contributed by atoms with Crippen LogP contribution in [0, 0.1) is 0 Å². The zero-order valence-corrected chi connectivity index (χ0v) is 22.0. The lowest BCUT2D eigenvalue weighted by Crippen LogP contribution is -2.18. The van der Waals surface area contributed by atoms with E-state index in [2.05, 4.69) is 25.5 Å². The number of nitrogens with zero attached hydrogens (tertiary/aromatic N) is 3. The SMILES string of the molecule is CCCc1c(C(=O)Nc2ccc3c(OC(F)(F)F)cnc(C(F)(F)F)c3c2)cnn1-c1ccc2c3c(cccc13)C(=O)N2. The van der Waals surface area contributed by atoms with Crippen LogP contribution in [0.1, 0.15) is 45.4 Å². The van der Waals surface area contributed by atoms with E-state index in [0.29, 0.717) is 47.1 Å². The van der Waals surface area contributed by atoms with E-state index in [4.69, 9.17) is 0 Å². The van der Waals surface area contributed by atoms with Crippen molar-refractivity contribution in [2.24, 2.45) is 0 Å². The summed E-state index contributed by atoms with van der Waals surface area (Å²) in [5, 5.41) is 10.0. The van der Waals surface area contributed by atoms with Gasteiger partial charge in [-0.15, -0.1) is 13.2 Å². The summed E-state index contributed by atoms with van der Waals surface area (Å²) in [4.78, 5) is 28.9. The number of benzene rings is 3.